The third-order valence-electron chi connectivity index (χ3n) is 5.80. The van der Waals surface area contributed by atoms with Gasteiger partial charge in [0.15, 0.2) is 11.5 Å². The van der Waals surface area contributed by atoms with E-state index in [0.717, 1.165) is 5.56 Å². The van der Waals surface area contributed by atoms with E-state index in [4.69, 9.17) is 10.6 Å². The van der Waals surface area contributed by atoms with Crippen LogP contribution in [0.4, 0.5) is 20.8 Å². The molecule has 1 fully saturated rings. The molecule has 1 unspecified atom stereocenters. The largest absolute Gasteiger partial charge is 0.366 e. The van der Waals surface area contributed by atoms with Crippen LogP contribution in [0.25, 0.3) is 16.8 Å². The zero-order chi connectivity index (χ0) is 22.9. The highest BCUT2D eigenvalue weighted by Crippen LogP contribution is 2.34. The number of hydrogen-bond donors (Lipinski definition) is 2. The van der Waals surface area contributed by atoms with Crippen LogP contribution in [0.3, 0.4) is 0 Å². The fourth-order valence-corrected chi connectivity index (χ4v) is 4.14. The van der Waals surface area contributed by atoms with Crippen LogP contribution in [-0.2, 0) is 11.3 Å². The molecule has 2 aromatic heterocycles. The number of urea groups is 1. The topological polar surface area (TPSA) is 97.8 Å². The number of rotatable bonds is 4. The number of anilines is 2. The predicted molar refractivity (Wildman–Crippen MR) is 123 cm³/mol. The first-order valence-corrected chi connectivity index (χ1v) is 10.8. The minimum Gasteiger partial charge on any atom is -0.366 e. The number of benzene rings is 2. The first-order chi connectivity index (χ1) is 16.0. The summed E-state index contributed by atoms with van der Waals surface area (Å²) in [5.41, 5.74) is 8.90. The SMILES string of the molecule is CCc1ccc(-c2ccn3nc(N)nc3c2)c(F)c1NC(=O)N1OCCC1c1ccccc1. The third-order valence-corrected chi connectivity index (χ3v) is 5.80. The predicted octanol–water partition coefficient (Wildman–Crippen LogP) is 4.59. The maximum atomic E-state index is 15.7. The molecule has 5 rings (SSSR count). The van der Waals surface area contributed by atoms with Crippen molar-refractivity contribution in [2.75, 3.05) is 17.7 Å². The van der Waals surface area contributed by atoms with Crippen molar-refractivity contribution in [3.8, 4) is 11.1 Å². The van der Waals surface area contributed by atoms with Crippen LogP contribution in [0.5, 0.6) is 0 Å². The minimum absolute atomic E-state index is 0.139. The lowest BCUT2D eigenvalue weighted by Crippen LogP contribution is -2.34. The highest BCUT2D eigenvalue weighted by molar-refractivity contribution is 5.91. The average Bonchev–Trinajstić information content (AvgIpc) is 3.46. The van der Waals surface area contributed by atoms with Gasteiger partial charge in [-0.15, -0.1) is 5.10 Å². The lowest BCUT2D eigenvalue weighted by Gasteiger charge is -2.24. The second-order valence-corrected chi connectivity index (χ2v) is 7.81. The van der Waals surface area contributed by atoms with E-state index >= 15 is 4.39 Å². The molecule has 9 heteroatoms. The van der Waals surface area contributed by atoms with Crippen LogP contribution in [0, 0.1) is 5.82 Å². The van der Waals surface area contributed by atoms with Crippen LogP contribution >= 0.6 is 0 Å². The standard InChI is InChI=1S/C24H23FN6O2/c1-2-15-8-9-18(17-10-12-30-20(14-17)27-23(26)29-30)21(25)22(15)28-24(32)31-19(11-13-33-31)16-6-4-3-5-7-16/h3-10,12,14,19H,2,11,13H2,1H3,(H2,26,29)(H,28,32). The minimum atomic E-state index is -0.519. The van der Waals surface area contributed by atoms with Crippen LogP contribution in [-0.4, -0.2) is 32.3 Å². The number of nitrogen functional groups attached to an aromatic ring is 1. The van der Waals surface area contributed by atoms with Gasteiger partial charge < -0.3 is 11.1 Å². The number of aromatic nitrogens is 3. The highest BCUT2D eigenvalue weighted by Gasteiger charge is 2.32. The Hall–Kier alpha value is -3.98. The summed E-state index contributed by atoms with van der Waals surface area (Å²) in [5, 5.41) is 8.10. The van der Waals surface area contributed by atoms with Crippen molar-refractivity contribution in [3.63, 3.8) is 0 Å². The molecule has 3 heterocycles. The fourth-order valence-electron chi connectivity index (χ4n) is 4.14. The molecular weight excluding hydrogens is 423 g/mol. The molecule has 1 aliphatic heterocycles. The maximum absolute atomic E-state index is 15.7. The second-order valence-electron chi connectivity index (χ2n) is 7.81. The zero-order valence-electron chi connectivity index (χ0n) is 18.0. The molecule has 1 aliphatic rings. The number of amides is 2. The van der Waals surface area contributed by atoms with Crippen molar-refractivity contribution in [2.45, 2.75) is 25.8 Å². The maximum Gasteiger partial charge on any atom is 0.346 e. The fraction of sp³-hybridized carbons (Fsp3) is 0.208. The number of aryl methyl sites for hydroxylation is 1. The van der Waals surface area contributed by atoms with Gasteiger partial charge in [0, 0.05) is 18.2 Å². The number of fused-ring (bicyclic) bond motifs is 1. The monoisotopic (exact) mass is 446 g/mol. The van der Waals surface area contributed by atoms with Crippen molar-refractivity contribution < 1.29 is 14.0 Å². The Balaban J connectivity index is 1.47. The van der Waals surface area contributed by atoms with E-state index in [1.807, 2.05) is 43.3 Å². The molecule has 0 aliphatic carbocycles. The molecule has 2 aromatic carbocycles. The van der Waals surface area contributed by atoms with Gasteiger partial charge in [-0.2, -0.15) is 10.0 Å². The molecule has 0 saturated carbocycles. The lowest BCUT2D eigenvalue weighted by molar-refractivity contribution is -0.0830. The van der Waals surface area contributed by atoms with E-state index in [1.165, 1.54) is 9.58 Å². The summed E-state index contributed by atoms with van der Waals surface area (Å²) >= 11 is 0. The Kier molecular flexibility index (Phi) is 5.39. The van der Waals surface area contributed by atoms with Crippen LogP contribution in [0.15, 0.2) is 60.8 Å². The van der Waals surface area contributed by atoms with Gasteiger partial charge in [-0.1, -0.05) is 49.4 Å². The summed E-state index contributed by atoms with van der Waals surface area (Å²) in [6.45, 7) is 2.33. The summed E-state index contributed by atoms with van der Waals surface area (Å²) in [7, 11) is 0. The van der Waals surface area contributed by atoms with Gasteiger partial charge in [0.25, 0.3) is 0 Å². The summed E-state index contributed by atoms with van der Waals surface area (Å²) in [6.07, 6.45) is 2.89. The molecule has 1 atom stereocenters. The number of nitrogens with zero attached hydrogens (tertiary/aromatic N) is 4. The van der Waals surface area contributed by atoms with E-state index in [2.05, 4.69) is 15.4 Å². The molecule has 0 bridgehead atoms. The number of nitrogens with one attached hydrogen (secondary N) is 1. The smallest absolute Gasteiger partial charge is 0.346 e. The van der Waals surface area contributed by atoms with E-state index in [1.54, 1.807) is 24.4 Å². The van der Waals surface area contributed by atoms with Crippen molar-refractivity contribution in [2.24, 2.45) is 0 Å². The van der Waals surface area contributed by atoms with Gasteiger partial charge in [-0.3, -0.25) is 4.84 Å². The number of pyridine rings is 1. The van der Waals surface area contributed by atoms with Crippen LogP contribution < -0.4 is 11.1 Å². The number of hydroxylamine groups is 2. The number of carbonyl (C=O) groups is 1. The summed E-state index contributed by atoms with van der Waals surface area (Å²) in [6, 6.07) is 15.9. The molecule has 0 spiro atoms. The van der Waals surface area contributed by atoms with Gasteiger partial charge in [0.1, 0.15) is 0 Å². The van der Waals surface area contributed by atoms with E-state index in [9.17, 15) is 4.79 Å². The van der Waals surface area contributed by atoms with Crippen molar-refractivity contribution in [1.29, 1.82) is 0 Å². The lowest BCUT2D eigenvalue weighted by atomic mass is 10.0. The quantitative estimate of drug-likeness (QED) is 0.478. The van der Waals surface area contributed by atoms with Gasteiger partial charge in [0.2, 0.25) is 5.95 Å². The van der Waals surface area contributed by atoms with Gasteiger partial charge in [0.05, 0.1) is 18.3 Å². The number of halogens is 1. The molecule has 3 N–H and O–H groups in total. The van der Waals surface area contributed by atoms with Crippen molar-refractivity contribution >= 4 is 23.3 Å². The molecule has 4 aromatic rings. The van der Waals surface area contributed by atoms with E-state index < -0.39 is 11.8 Å². The van der Waals surface area contributed by atoms with Crippen molar-refractivity contribution in [1.82, 2.24) is 19.7 Å². The van der Waals surface area contributed by atoms with Crippen molar-refractivity contribution in [3.05, 3.63) is 77.7 Å². The summed E-state index contributed by atoms with van der Waals surface area (Å²) in [5.74, 6) is -0.379. The Labute approximate surface area is 189 Å². The normalized spacial score (nSPS) is 15.8. The summed E-state index contributed by atoms with van der Waals surface area (Å²) in [4.78, 5) is 22.9. The molecule has 168 valence electrons. The number of carbonyl (C=O) groups excluding carboxylic acids is 1. The Bertz CT molecular complexity index is 1320. The number of nitrogens with two attached hydrogens (primary N) is 1. The summed E-state index contributed by atoms with van der Waals surface area (Å²) < 4.78 is 17.3. The highest BCUT2D eigenvalue weighted by atomic mass is 19.1. The Morgan fingerprint density at radius 1 is 1.24 bits per heavy atom. The third kappa shape index (κ3) is 3.87. The Morgan fingerprint density at radius 2 is 2.06 bits per heavy atom. The van der Waals surface area contributed by atoms with Gasteiger partial charge in [-0.05, 0) is 35.2 Å². The zero-order valence-corrected chi connectivity index (χ0v) is 18.0. The average molecular weight is 446 g/mol. The van der Waals surface area contributed by atoms with E-state index in [-0.39, 0.29) is 17.7 Å². The van der Waals surface area contributed by atoms with Crippen LogP contribution in [0.1, 0.15) is 30.5 Å². The first kappa shape index (κ1) is 20.9. The van der Waals surface area contributed by atoms with Gasteiger partial charge in [-0.25, -0.2) is 13.7 Å². The molecule has 1 saturated heterocycles. The first-order valence-electron chi connectivity index (χ1n) is 10.8. The molecule has 2 amide bonds. The molecule has 33 heavy (non-hydrogen) atoms. The molecular formula is C24H23FN6O2. The molecule has 0 radical (unpaired) electrons. The molecule has 8 nitrogen and oxygen atoms in total. The van der Waals surface area contributed by atoms with Gasteiger partial charge >= 0.3 is 6.03 Å². The Morgan fingerprint density at radius 3 is 2.85 bits per heavy atom. The second kappa shape index (κ2) is 8.51. The number of hydrogen-bond acceptors (Lipinski definition) is 5. The van der Waals surface area contributed by atoms with Crippen LogP contribution in [0.2, 0.25) is 0 Å². The van der Waals surface area contributed by atoms with E-state index in [0.29, 0.717) is 41.8 Å².